The first-order valence-corrected chi connectivity index (χ1v) is 6.49. The maximum atomic E-state index is 11.3. The van der Waals surface area contributed by atoms with Crippen LogP contribution >= 0.6 is 0 Å². The summed E-state index contributed by atoms with van der Waals surface area (Å²) in [6.45, 7) is 0. The Hall–Kier alpha value is -0.620. The second-order valence-electron chi connectivity index (χ2n) is 4.03. The minimum absolute atomic E-state index is 0.0468. The van der Waals surface area contributed by atoms with Crippen molar-refractivity contribution in [1.29, 1.82) is 0 Å². The summed E-state index contributed by atoms with van der Waals surface area (Å²) in [5.41, 5.74) is 0. The molecule has 0 aromatic carbocycles. The zero-order chi connectivity index (χ0) is 10.3. The molecule has 2 unspecified atom stereocenters. The Kier molecular flexibility index (Phi) is 2.27. The SMILES string of the molecule is O=C(NC1CS(=O)(=O)CC1O)C1CC1. The Morgan fingerprint density at radius 1 is 1.29 bits per heavy atom. The molecule has 2 atom stereocenters. The van der Waals surface area contributed by atoms with E-state index in [0.29, 0.717) is 0 Å². The molecule has 0 spiro atoms. The van der Waals surface area contributed by atoms with Crippen molar-refractivity contribution >= 4 is 15.7 Å². The second kappa shape index (κ2) is 3.20. The Balaban J connectivity index is 1.95. The molecule has 2 rings (SSSR count). The average Bonchev–Trinajstić information content (AvgIpc) is 2.79. The predicted octanol–water partition coefficient (Wildman–Crippen LogP) is -1.33. The number of rotatable bonds is 2. The van der Waals surface area contributed by atoms with Crippen LogP contribution in [0.5, 0.6) is 0 Å². The number of aliphatic hydroxyl groups excluding tert-OH is 1. The Labute approximate surface area is 82.4 Å². The lowest BCUT2D eigenvalue weighted by atomic mass is 10.2. The summed E-state index contributed by atoms with van der Waals surface area (Å²) in [7, 11) is -3.16. The topological polar surface area (TPSA) is 83.5 Å². The summed E-state index contributed by atoms with van der Waals surface area (Å²) < 4.78 is 22.2. The van der Waals surface area contributed by atoms with Gasteiger partial charge >= 0.3 is 0 Å². The highest BCUT2D eigenvalue weighted by molar-refractivity contribution is 7.91. The van der Waals surface area contributed by atoms with Crippen molar-refractivity contribution in [3.8, 4) is 0 Å². The summed E-state index contributed by atoms with van der Waals surface area (Å²) in [5, 5.41) is 12.0. The molecule has 80 valence electrons. The third-order valence-electron chi connectivity index (χ3n) is 2.60. The van der Waals surface area contributed by atoms with Gasteiger partial charge in [-0.1, -0.05) is 0 Å². The van der Waals surface area contributed by atoms with Crippen molar-refractivity contribution in [3.63, 3.8) is 0 Å². The fourth-order valence-electron chi connectivity index (χ4n) is 1.61. The van der Waals surface area contributed by atoms with Gasteiger partial charge in [0, 0.05) is 5.92 Å². The summed E-state index contributed by atoms with van der Waals surface area (Å²) in [4.78, 5) is 11.3. The van der Waals surface area contributed by atoms with Gasteiger partial charge in [-0.15, -0.1) is 0 Å². The van der Waals surface area contributed by atoms with Crippen LogP contribution in [0.25, 0.3) is 0 Å². The molecule has 1 heterocycles. The summed E-state index contributed by atoms with van der Waals surface area (Å²) in [6, 6.07) is -0.604. The summed E-state index contributed by atoms with van der Waals surface area (Å²) in [6.07, 6.45) is 0.811. The molecule has 1 saturated heterocycles. The molecule has 1 aliphatic carbocycles. The first-order chi connectivity index (χ1) is 6.48. The molecule has 0 bridgehead atoms. The molecule has 2 aliphatic rings. The fourth-order valence-corrected chi connectivity index (χ4v) is 3.35. The van der Waals surface area contributed by atoms with E-state index in [2.05, 4.69) is 5.32 Å². The second-order valence-corrected chi connectivity index (χ2v) is 6.19. The number of sulfone groups is 1. The molecule has 5 nitrogen and oxygen atoms in total. The number of aliphatic hydroxyl groups is 1. The molecule has 2 N–H and O–H groups in total. The van der Waals surface area contributed by atoms with Crippen molar-refractivity contribution in [1.82, 2.24) is 5.32 Å². The van der Waals surface area contributed by atoms with Gasteiger partial charge in [0.25, 0.3) is 0 Å². The van der Waals surface area contributed by atoms with Crippen LogP contribution in [0.3, 0.4) is 0 Å². The van der Waals surface area contributed by atoms with Crippen LogP contribution in [-0.2, 0) is 14.6 Å². The third kappa shape index (κ3) is 2.06. The normalized spacial score (nSPS) is 35.5. The number of hydrogen-bond donors (Lipinski definition) is 2. The Morgan fingerprint density at radius 2 is 1.93 bits per heavy atom. The van der Waals surface area contributed by atoms with Gasteiger partial charge in [-0.25, -0.2) is 8.42 Å². The zero-order valence-corrected chi connectivity index (χ0v) is 8.46. The molecule has 1 aliphatic heterocycles. The molecule has 14 heavy (non-hydrogen) atoms. The van der Waals surface area contributed by atoms with Crippen molar-refractivity contribution < 1.29 is 18.3 Å². The van der Waals surface area contributed by atoms with E-state index in [1.165, 1.54) is 0 Å². The lowest BCUT2D eigenvalue weighted by Gasteiger charge is -2.14. The van der Waals surface area contributed by atoms with E-state index < -0.39 is 22.0 Å². The van der Waals surface area contributed by atoms with Gasteiger partial charge in [-0.05, 0) is 12.8 Å². The molecule has 0 aromatic rings. The molecule has 1 saturated carbocycles. The molecule has 6 heteroatoms. The first kappa shape index (κ1) is 9.92. The van der Waals surface area contributed by atoms with E-state index >= 15 is 0 Å². The van der Waals surface area contributed by atoms with Crippen molar-refractivity contribution in [3.05, 3.63) is 0 Å². The molecule has 1 amide bonds. The highest BCUT2D eigenvalue weighted by Crippen LogP contribution is 2.29. The fraction of sp³-hybridized carbons (Fsp3) is 0.875. The van der Waals surface area contributed by atoms with Gasteiger partial charge in [-0.3, -0.25) is 4.79 Å². The van der Waals surface area contributed by atoms with E-state index in [9.17, 15) is 18.3 Å². The van der Waals surface area contributed by atoms with E-state index in [-0.39, 0.29) is 23.3 Å². The van der Waals surface area contributed by atoms with Gasteiger partial charge in [-0.2, -0.15) is 0 Å². The number of hydrogen-bond acceptors (Lipinski definition) is 4. The summed E-state index contributed by atoms with van der Waals surface area (Å²) >= 11 is 0. The molecular weight excluding hydrogens is 206 g/mol. The largest absolute Gasteiger partial charge is 0.390 e. The van der Waals surface area contributed by atoms with Crippen molar-refractivity contribution in [2.24, 2.45) is 5.92 Å². The van der Waals surface area contributed by atoms with Gasteiger partial charge in [0.05, 0.1) is 23.7 Å². The quantitative estimate of drug-likeness (QED) is 0.603. The van der Waals surface area contributed by atoms with Crippen LogP contribution in [-0.4, -0.2) is 43.1 Å². The lowest BCUT2D eigenvalue weighted by Crippen LogP contribution is -2.43. The highest BCUT2D eigenvalue weighted by Gasteiger charge is 2.39. The Bertz CT molecular complexity index is 346. The Morgan fingerprint density at radius 3 is 2.36 bits per heavy atom. The van der Waals surface area contributed by atoms with Crippen LogP contribution in [0.2, 0.25) is 0 Å². The van der Waals surface area contributed by atoms with Crippen LogP contribution in [0.1, 0.15) is 12.8 Å². The van der Waals surface area contributed by atoms with Crippen LogP contribution in [0, 0.1) is 5.92 Å². The number of amides is 1. The standard InChI is InChI=1S/C8H13NO4S/c10-7-4-14(12,13)3-6(7)9-8(11)5-1-2-5/h5-7,10H,1-4H2,(H,9,11). The number of carbonyl (C=O) groups is 1. The van der Waals surface area contributed by atoms with E-state index in [1.54, 1.807) is 0 Å². The maximum Gasteiger partial charge on any atom is 0.223 e. The lowest BCUT2D eigenvalue weighted by molar-refractivity contribution is -0.123. The van der Waals surface area contributed by atoms with Gasteiger partial charge in [0.1, 0.15) is 0 Å². The van der Waals surface area contributed by atoms with Crippen LogP contribution in [0.15, 0.2) is 0 Å². The summed E-state index contributed by atoms with van der Waals surface area (Å²) in [5.74, 6) is -0.438. The van der Waals surface area contributed by atoms with E-state index in [0.717, 1.165) is 12.8 Å². The first-order valence-electron chi connectivity index (χ1n) is 4.67. The van der Waals surface area contributed by atoms with Gasteiger partial charge in [0.15, 0.2) is 9.84 Å². The van der Waals surface area contributed by atoms with Crippen molar-refractivity contribution in [2.45, 2.75) is 25.0 Å². The van der Waals surface area contributed by atoms with Crippen LogP contribution in [0.4, 0.5) is 0 Å². The van der Waals surface area contributed by atoms with E-state index in [4.69, 9.17) is 0 Å². The van der Waals surface area contributed by atoms with Gasteiger partial charge < -0.3 is 10.4 Å². The maximum absolute atomic E-state index is 11.3. The predicted molar refractivity (Wildman–Crippen MR) is 49.3 cm³/mol. The number of carbonyl (C=O) groups excluding carboxylic acids is 1. The van der Waals surface area contributed by atoms with Crippen LogP contribution < -0.4 is 5.32 Å². The minimum atomic E-state index is -3.16. The average molecular weight is 219 g/mol. The van der Waals surface area contributed by atoms with E-state index in [1.807, 2.05) is 0 Å². The minimum Gasteiger partial charge on any atom is -0.390 e. The monoisotopic (exact) mass is 219 g/mol. The molecule has 2 fully saturated rings. The zero-order valence-electron chi connectivity index (χ0n) is 7.64. The smallest absolute Gasteiger partial charge is 0.223 e. The van der Waals surface area contributed by atoms with Gasteiger partial charge in [0.2, 0.25) is 5.91 Å². The molecular formula is C8H13NO4S. The highest BCUT2D eigenvalue weighted by atomic mass is 32.2. The number of nitrogens with one attached hydrogen (secondary N) is 1. The van der Waals surface area contributed by atoms with Crippen molar-refractivity contribution in [2.75, 3.05) is 11.5 Å². The third-order valence-corrected chi connectivity index (χ3v) is 4.31. The molecule has 0 aromatic heterocycles. The molecule has 0 radical (unpaired) electrons.